The van der Waals surface area contributed by atoms with E-state index in [1.807, 2.05) is 0 Å². The Bertz CT molecular complexity index is 284. The standard InChI is InChI=1S/C10H23N3O2S/c1-2-6-13-7-3-10(4-8-13)12-16(14,15)9-5-11/h10,12H,2-9,11H2,1H3. The highest BCUT2D eigenvalue weighted by molar-refractivity contribution is 7.89. The van der Waals surface area contributed by atoms with E-state index in [0.717, 1.165) is 38.9 Å². The summed E-state index contributed by atoms with van der Waals surface area (Å²) in [6, 6.07) is 0.102. The highest BCUT2D eigenvalue weighted by atomic mass is 32.2. The van der Waals surface area contributed by atoms with Crippen molar-refractivity contribution in [3.63, 3.8) is 0 Å². The number of nitrogens with one attached hydrogen (secondary N) is 1. The van der Waals surface area contributed by atoms with Gasteiger partial charge in [0.15, 0.2) is 0 Å². The van der Waals surface area contributed by atoms with Gasteiger partial charge in [-0.05, 0) is 38.9 Å². The fourth-order valence-electron chi connectivity index (χ4n) is 2.06. The molecule has 0 spiro atoms. The van der Waals surface area contributed by atoms with Gasteiger partial charge in [-0.3, -0.25) is 0 Å². The van der Waals surface area contributed by atoms with Gasteiger partial charge in [-0.25, -0.2) is 13.1 Å². The first-order valence-electron chi connectivity index (χ1n) is 6.00. The van der Waals surface area contributed by atoms with E-state index in [-0.39, 0.29) is 18.3 Å². The van der Waals surface area contributed by atoms with Crippen molar-refractivity contribution < 1.29 is 8.42 Å². The number of hydrogen-bond donors (Lipinski definition) is 2. The maximum Gasteiger partial charge on any atom is 0.213 e. The topological polar surface area (TPSA) is 75.4 Å². The molecule has 0 aromatic rings. The van der Waals surface area contributed by atoms with Crippen LogP contribution in [0, 0.1) is 0 Å². The summed E-state index contributed by atoms with van der Waals surface area (Å²) in [5.41, 5.74) is 5.25. The fourth-order valence-corrected chi connectivity index (χ4v) is 3.23. The second-order valence-corrected chi connectivity index (χ2v) is 6.21. The predicted octanol–water partition coefficient (Wildman–Crippen LogP) is -0.261. The van der Waals surface area contributed by atoms with Crippen LogP contribution in [0.5, 0.6) is 0 Å². The maximum atomic E-state index is 11.5. The highest BCUT2D eigenvalue weighted by Crippen LogP contribution is 2.11. The predicted molar refractivity (Wildman–Crippen MR) is 65.7 cm³/mol. The summed E-state index contributed by atoms with van der Waals surface area (Å²) in [5.74, 6) is 0.0299. The van der Waals surface area contributed by atoms with Gasteiger partial charge in [0, 0.05) is 12.6 Å². The molecule has 0 bridgehead atoms. The number of nitrogens with two attached hydrogens (primary N) is 1. The molecular formula is C10H23N3O2S. The molecule has 96 valence electrons. The molecule has 3 N–H and O–H groups in total. The second kappa shape index (κ2) is 6.54. The smallest absolute Gasteiger partial charge is 0.213 e. The monoisotopic (exact) mass is 249 g/mol. The van der Waals surface area contributed by atoms with Crippen LogP contribution in [0.25, 0.3) is 0 Å². The molecule has 0 unspecified atom stereocenters. The van der Waals surface area contributed by atoms with Crippen molar-refractivity contribution in [2.24, 2.45) is 5.73 Å². The van der Waals surface area contributed by atoms with Gasteiger partial charge in [0.2, 0.25) is 10.0 Å². The minimum atomic E-state index is -3.15. The van der Waals surface area contributed by atoms with Gasteiger partial charge in [0.25, 0.3) is 0 Å². The van der Waals surface area contributed by atoms with E-state index >= 15 is 0 Å². The lowest BCUT2D eigenvalue weighted by Gasteiger charge is -2.31. The summed E-state index contributed by atoms with van der Waals surface area (Å²) in [6.45, 7) is 5.44. The molecule has 0 radical (unpaired) electrons. The Morgan fingerprint density at radius 3 is 2.50 bits per heavy atom. The summed E-state index contributed by atoms with van der Waals surface area (Å²) in [7, 11) is -3.15. The lowest BCUT2D eigenvalue weighted by molar-refractivity contribution is 0.208. The molecule has 0 atom stereocenters. The molecular weight excluding hydrogens is 226 g/mol. The van der Waals surface area contributed by atoms with Gasteiger partial charge in [0.05, 0.1) is 5.75 Å². The zero-order valence-corrected chi connectivity index (χ0v) is 10.8. The van der Waals surface area contributed by atoms with E-state index < -0.39 is 10.0 Å². The lowest BCUT2D eigenvalue weighted by atomic mass is 10.1. The van der Waals surface area contributed by atoms with Crippen LogP contribution in [-0.2, 0) is 10.0 Å². The van der Waals surface area contributed by atoms with Gasteiger partial charge >= 0.3 is 0 Å². The Balaban J connectivity index is 2.32. The van der Waals surface area contributed by atoms with Gasteiger partial charge < -0.3 is 10.6 Å². The van der Waals surface area contributed by atoms with Gasteiger partial charge in [-0.2, -0.15) is 0 Å². The molecule has 6 heteroatoms. The van der Waals surface area contributed by atoms with Crippen LogP contribution in [0.15, 0.2) is 0 Å². The number of likely N-dealkylation sites (tertiary alicyclic amines) is 1. The Hall–Kier alpha value is -0.170. The van der Waals surface area contributed by atoms with Crippen molar-refractivity contribution in [2.75, 3.05) is 31.9 Å². The molecule has 1 heterocycles. The van der Waals surface area contributed by atoms with Crippen LogP contribution in [0.4, 0.5) is 0 Å². The van der Waals surface area contributed by atoms with Crippen LogP contribution < -0.4 is 10.5 Å². The summed E-state index contributed by atoms with van der Waals surface area (Å²) in [4.78, 5) is 2.38. The van der Waals surface area contributed by atoms with Crippen LogP contribution in [0.1, 0.15) is 26.2 Å². The van der Waals surface area contributed by atoms with E-state index in [1.54, 1.807) is 0 Å². The SMILES string of the molecule is CCCN1CCC(NS(=O)(=O)CCN)CC1. The molecule has 1 aliphatic rings. The van der Waals surface area contributed by atoms with Crippen molar-refractivity contribution >= 4 is 10.0 Å². The van der Waals surface area contributed by atoms with E-state index in [2.05, 4.69) is 16.5 Å². The van der Waals surface area contributed by atoms with E-state index in [1.165, 1.54) is 0 Å². The third-order valence-corrected chi connectivity index (χ3v) is 4.33. The fraction of sp³-hybridized carbons (Fsp3) is 1.00. The van der Waals surface area contributed by atoms with Crippen molar-refractivity contribution in [3.8, 4) is 0 Å². The molecule has 0 amide bonds. The van der Waals surface area contributed by atoms with E-state index in [9.17, 15) is 8.42 Å². The molecule has 1 fully saturated rings. The highest BCUT2D eigenvalue weighted by Gasteiger charge is 2.22. The van der Waals surface area contributed by atoms with Crippen LogP contribution in [0.3, 0.4) is 0 Å². The van der Waals surface area contributed by atoms with Crippen LogP contribution in [0.2, 0.25) is 0 Å². The quantitative estimate of drug-likeness (QED) is 0.680. The van der Waals surface area contributed by atoms with Crippen molar-refractivity contribution in [1.82, 2.24) is 9.62 Å². The zero-order chi connectivity index (χ0) is 12.0. The molecule has 0 aromatic carbocycles. The Morgan fingerprint density at radius 2 is 2.00 bits per heavy atom. The maximum absolute atomic E-state index is 11.5. The summed E-state index contributed by atoms with van der Waals surface area (Å²) >= 11 is 0. The third-order valence-electron chi connectivity index (χ3n) is 2.86. The summed E-state index contributed by atoms with van der Waals surface area (Å²) in [5, 5.41) is 0. The van der Waals surface area contributed by atoms with Crippen LogP contribution in [-0.4, -0.2) is 51.3 Å². The number of nitrogens with zero attached hydrogens (tertiary/aromatic N) is 1. The Morgan fingerprint density at radius 1 is 1.38 bits per heavy atom. The molecule has 16 heavy (non-hydrogen) atoms. The molecule has 1 aliphatic heterocycles. The Kier molecular flexibility index (Phi) is 5.68. The molecule has 0 saturated carbocycles. The number of piperidine rings is 1. The first kappa shape index (κ1) is 13.9. The minimum absolute atomic E-state index is 0.0299. The van der Waals surface area contributed by atoms with Crippen molar-refractivity contribution in [1.29, 1.82) is 0 Å². The first-order valence-corrected chi connectivity index (χ1v) is 7.65. The van der Waals surface area contributed by atoms with Crippen molar-refractivity contribution in [3.05, 3.63) is 0 Å². The van der Waals surface area contributed by atoms with Gasteiger partial charge in [-0.1, -0.05) is 6.92 Å². The average Bonchev–Trinajstić information content (AvgIpc) is 2.21. The normalized spacial score (nSPS) is 20.1. The summed E-state index contributed by atoms with van der Waals surface area (Å²) < 4.78 is 25.7. The molecule has 1 rings (SSSR count). The molecule has 0 aromatic heterocycles. The van der Waals surface area contributed by atoms with Crippen molar-refractivity contribution in [2.45, 2.75) is 32.2 Å². The van der Waals surface area contributed by atoms with Gasteiger partial charge in [-0.15, -0.1) is 0 Å². The molecule has 0 aliphatic carbocycles. The summed E-state index contributed by atoms with van der Waals surface area (Å²) in [6.07, 6.45) is 2.97. The largest absolute Gasteiger partial charge is 0.329 e. The second-order valence-electron chi connectivity index (χ2n) is 4.34. The Labute approximate surface area is 98.4 Å². The number of rotatable bonds is 6. The molecule has 5 nitrogen and oxygen atoms in total. The third kappa shape index (κ3) is 4.78. The zero-order valence-electron chi connectivity index (χ0n) is 9.98. The minimum Gasteiger partial charge on any atom is -0.329 e. The number of hydrogen-bond acceptors (Lipinski definition) is 4. The lowest BCUT2D eigenvalue weighted by Crippen LogP contribution is -2.45. The van der Waals surface area contributed by atoms with E-state index in [0.29, 0.717) is 0 Å². The van der Waals surface area contributed by atoms with E-state index in [4.69, 9.17) is 5.73 Å². The average molecular weight is 249 g/mol. The number of sulfonamides is 1. The van der Waals surface area contributed by atoms with Gasteiger partial charge in [0.1, 0.15) is 0 Å². The van der Waals surface area contributed by atoms with Crippen LogP contribution >= 0.6 is 0 Å². The first-order chi connectivity index (χ1) is 7.57. The molecule has 1 saturated heterocycles.